The first-order chi connectivity index (χ1) is 9.59. The van der Waals surface area contributed by atoms with Gasteiger partial charge in [-0.25, -0.2) is 0 Å². The topological polar surface area (TPSA) is 59.6 Å². The van der Waals surface area contributed by atoms with Crippen molar-refractivity contribution < 1.29 is 14.2 Å². The van der Waals surface area contributed by atoms with Crippen LogP contribution in [0.25, 0.3) is 11.3 Å². The van der Waals surface area contributed by atoms with Crippen molar-refractivity contribution in [2.45, 2.75) is 6.92 Å². The second-order valence-corrected chi connectivity index (χ2v) is 5.04. The Hall–Kier alpha value is -2.14. The monoisotopic (exact) mass is 274 g/mol. The second-order valence-electron chi connectivity index (χ2n) is 5.04. The SMILES string of the molecule is Cc1onc(-c2ccccc2)c1C(=O)NCC[NH+](C)C. The first-order valence-corrected chi connectivity index (χ1v) is 6.68. The Bertz CT molecular complexity index is 576. The smallest absolute Gasteiger partial charge is 0.257 e. The Morgan fingerprint density at radius 2 is 2.00 bits per heavy atom. The van der Waals surface area contributed by atoms with E-state index in [-0.39, 0.29) is 5.91 Å². The van der Waals surface area contributed by atoms with Gasteiger partial charge in [0.25, 0.3) is 5.91 Å². The second kappa shape index (κ2) is 6.34. The summed E-state index contributed by atoms with van der Waals surface area (Å²) in [4.78, 5) is 13.6. The number of hydrogen-bond acceptors (Lipinski definition) is 3. The molecule has 0 unspecified atom stereocenters. The molecule has 0 aliphatic heterocycles. The lowest BCUT2D eigenvalue weighted by Crippen LogP contribution is -3.06. The van der Waals surface area contributed by atoms with Gasteiger partial charge in [-0.1, -0.05) is 35.5 Å². The average molecular weight is 274 g/mol. The largest absolute Gasteiger partial charge is 0.360 e. The molecule has 0 spiro atoms. The van der Waals surface area contributed by atoms with E-state index in [1.54, 1.807) is 6.92 Å². The fraction of sp³-hybridized carbons (Fsp3) is 0.333. The number of quaternary nitrogens is 1. The lowest BCUT2D eigenvalue weighted by atomic mass is 10.1. The Morgan fingerprint density at radius 1 is 1.30 bits per heavy atom. The Balaban J connectivity index is 2.19. The standard InChI is InChI=1S/C15H19N3O2/c1-11-13(15(19)16-9-10-18(2)3)14(17-20-11)12-7-5-4-6-8-12/h4-8H,9-10H2,1-3H3,(H,16,19)/p+1. The van der Waals surface area contributed by atoms with Crippen LogP contribution in [0.2, 0.25) is 0 Å². The van der Waals surface area contributed by atoms with Crippen LogP contribution in [0.3, 0.4) is 0 Å². The fourth-order valence-electron chi connectivity index (χ4n) is 1.95. The molecule has 0 saturated heterocycles. The normalized spacial score (nSPS) is 10.8. The van der Waals surface area contributed by atoms with Gasteiger partial charge in [-0.3, -0.25) is 4.79 Å². The number of likely N-dealkylation sites (N-methyl/N-ethyl adjacent to an activating group) is 1. The summed E-state index contributed by atoms with van der Waals surface area (Å²) in [7, 11) is 4.10. The summed E-state index contributed by atoms with van der Waals surface area (Å²) in [5, 5.41) is 6.92. The predicted molar refractivity (Wildman–Crippen MR) is 76.7 cm³/mol. The van der Waals surface area contributed by atoms with Crippen LogP contribution in [-0.4, -0.2) is 38.2 Å². The highest BCUT2D eigenvalue weighted by molar-refractivity contribution is 6.00. The van der Waals surface area contributed by atoms with E-state index < -0.39 is 0 Å². The minimum absolute atomic E-state index is 0.135. The zero-order chi connectivity index (χ0) is 14.5. The zero-order valence-corrected chi connectivity index (χ0v) is 12.1. The third-order valence-electron chi connectivity index (χ3n) is 3.05. The maximum Gasteiger partial charge on any atom is 0.257 e. The van der Waals surface area contributed by atoms with Gasteiger partial charge in [0, 0.05) is 5.56 Å². The van der Waals surface area contributed by atoms with E-state index in [9.17, 15) is 4.79 Å². The van der Waals surface area contributed by atoms with Gasteiger partial charge >= 0.3 is 0 Å². The van der Waals surface area contributed by atoms with Crippen LogP contribution in [0, 0.1) is 6.92 Å². The van der Waals surface area contributed by atoms with E-state index in [2.05, 4.69) is 10.5 Å². The molecule has 0 fully saturated rings. The van der Waals surface area contributed by atoms with E-state index >= 15 is 0 Å². The molecule has 5 nitrogen and oxygen atoms in total. The van der Waals surface area contributed by atoms with Crippen LogP contribution in [-0.2, 0) is 0 Å². The molecule has 0 aliphatic carbocycles. The average Bonchev–Trinajstić information content (AvgIpc) is 2.81. The number of amides is 1. The molecule has 5 heteroatoms. The summed E-state index contributed by atoms with van der Waals surface area (Å²) in [5.74, 6) is 0.405. The van der Waals surface area contributed by atoms with Gasteiger partial charge in [0.1, 0.15) is 17.0 Å². The van der Waals surface area contributed by atoms with E-state index in [1.807, 2.05) is 44.4 Å². The van der Waals surface area contributed by atoms with Gasteiger partial charge < -0.3 is 14.7 Å². The van der Waals surface area contributed by atoms with Crippen LogP contribution in [0.15, 0.2) is 34.9 Å². The first-order valence-electron chi connectivity index (χ1n) is 6.68. The Labute approximate surface area is 118 Å². The molecule has 20 heavy (non-hydrogen) atoms. The number of nitrogens with one attached hydrogen (secondary N) is 2. The molecule has 0 atom stereocenters. The highest BCUT2D eigenvalue weighted by Gasteiger charge is 2.21. The van der Waals surface area contributed by atoms with Gasteiger partial charge in [0.15, 0.2) is 0 Å². The van der Waals surface area contributed by atoms with Gasteiger partial charge in [0.2, 0.25) is 0 Å². The number of hydrogen-bond donors (Lipinski definition) is 2. The molecule has 0 aliphatic rings. The molecule has 2 N–H and O–H groups in total. The van der Waals surface area contributed by atoms with Crippen molar-refractivity contribution in [3.05, 3.63) is 41.7 Å². The molecule has 1 aromatic carbocycles. The number of rotatable bonds is 5. The summed E-state index contributed by atoms with van der Waals surface area (Å²) in [6, 6.07) is 9.58. The van der Waals surface area contributed by atoms with Crippen molar-refractivity contribution in [2.24, 2.45) is 0 Å². The molecule has 0 bridgehead atoms. The lowest BCUT2D eigenvalue weighted by molar-refractivity contribution is -0.856. The number of carbonyl (C=O) groups is 1. The highest BCUT2D eigenvalue weighted by atomic mass is 16.5. The van der Waals surface area contributed by atoms with E-state index in [0.717, 1.165) is 12.1 Å². The van der Waals surface area contributed by atoms with E-state index in [1.165, 1.54) is 4.90 Å². The molecule has 1 heterocycles. The van der Waals surface area contributed by atoms with Crippen molar-refractivity contribution in [3.63, 3.8) is 0 Å². The number of carbonyl (C=O) groups excluding carboxylic acids is 1. The zero-order valence-electron chi connectivity index (χ0n) is 12.1. The van der Waals surface area contributed by atoms with Crippen LogP contribution in [0.5, 0.6) is 0 Å². The molecule has 2 rings (SSSR count). The summed E-state index contributed by atoms with van der Waals surface area (Å²) in [6.45, 7) is 3.25. The van der Waals surface area contributed by atoms with Crippen molar-refractivity contribution >= 4 is 5.91 Å². The summed E-state index contributed by atoms with van der Waals surface area (Å²) >= 11 is 0. The van der Waals surface area contributed by atoms with Crippen molar-refractivity contribution in [2.75, 3.05) is 27.2 Å². The summed E-state index contributed by atoms with van der Waals surface area (Å²) in [5.41, 5.74) is 2.00. The van der Waals surface area contributed by atoms with Crippen molar-refractivity contribution in [1.82, 2.24) is 10.5 Å². The molecule has 1 aromatic heterocycles. The van der Waals surface area contributed by atoms with Crippen LogP contribution in [0.4, 0.5) is 0 Å². The van der Waals surface area contributed by atoms with Crippen molar-refractivity contribution in [3.8, 4) is 11.3 Å². The molecule has 0 saturated carbocycles. The van der Waals surface area contributed by atoms with Gasteiger partial charge in [-0.15, -0.1) is 0 Å². The van der Waals surface area contributed by atoms with Gasteiger partial charge in [-0.05, 0) is 6.92 Å². The Morgan fingerprint density at radius 3 is 2.65 bits per heavy atom. The van der Waals surface area contributed by atoms with Crippen LogP contribution in [0.1, 0.15) is 16.1 Å². The highest BCUT2D eigenvalue weighted by Crippen LogP contribution is 2.24. The Kier molecular flexibility index (Phi) is 4.53. The number of aryl methyl sites for hydroxylation is 1. The molecule has 2 aromatic rings. The summed E-state index contributed by atoms with van der Waals surface area (Å²) < 4.78 is 5.18. The number of nitrogens with zero attached hydrogens (tertiary/aromatic N) is 1. The maximum absolute atomic E-state index is 12.3. The molecular formula is C15H20N3O2+. The van der Waals surface area contributed by atoms with Crippen LogP contribution >= 0.6 is 0 Å². The molecular weight excluding hydrogens is 254 g/mol. The first kappa shape index (κ1) is 14.3. The van der Waals surface area contributed by atoms with Crippen LogP contribution < -0.4 is 10.2 Å². The minimum atomic E-state index is -0.135. The number of benzene rings is 1. The predicted octanol–water partition coefficient (Wildman–Crippen LogP) is 0.524. The molecule has 0 radical (unpaired) electrons. The van der Waals surface area contributed by atoms with Crippen molar-refractivity contribution in [1.29, 1.82) is 0 Å². The van der Waals surface area contributed by atoms with E-state index in [4.69, 9.17) is 4.52 Å². The lowest BCUT2D eigenvalue weighted by Gasteiger charge is -2.08. The third kappa shape index (κ3) is 3.24. The maximum atomic E-state index is 12.3. The molecule has 106 valence electrons. The van der Waals surface area contributed by atoms with E-state index in [0.29, 0.717) is 23.6 Å². The van der Waals surface area contributed by atoms with Gasteiger partial charge in [-0.2, -0.15) is 0 Å². The minimum Gasteiger partial charge on any atom is -0.360 e. The fourth-order valence-corrected chi connectivity index (χ4v) is 1.95. The third-order valence-corrected chi connectivity index (χ3v) is 3.05. The molecule has 1 amide bonds. The van der Waals surface area contributed by atoms with Gasteiger partial charge in [0.05, 0.1) is 27.2 Å². The number of aromatic nitrogens is 1. The quantitative estimate of drug-likeness (QED) is 0.836. The summed E-state index contributed by atoms with van der Waals surface area (Å²) in [6.07, 6.45) is 0.